The molecule has 0 saturated heterocycles. The van der Waals surface area contributed by atoms with Crippen molar-refractivity contribution in [2.45, 2.75) is 3.79 Å². The molecular weight excluding hydrogens is 339 g/mol. The number of nitrogens with zero attached hydrogens (tertiary/aromatic N) is 1. The van der Waals surface area contributed by atoms with E-state index in [4.69, 9.17) is 34.8 Å². The monoisotopic (exact) mass is 346 g/mol. The first-order valence-corrected chi connectivity index (χ1v) is 7.53. The van der Waals surface area contributed by atoms with Crippen LogP contribution >= 0.6 is 46.1 Å². The zero-order valence-corrected chi connectivity index (χ0v) is 13.1. The number of benzene rings is 1. The van der Waals surface area contributed by atoms with Crippen molar-refractivity contribution in [2.24, 2.45) is 0 Å². The Morgan fingerprint density at radius 1 is 1.25 bits per heavy atom. The molecule has 1 heterocycles. The van der Waals surface area contributed by atoms with E-state index in [-0.39, 0.29) is 0 Å². The number of hydrogen-bond acceptors (Lipinski definition) is 4. The number of aromatic nitrogens is 1. The molecule has 1 aromatic carbocycles. The van der Waals surface area contributed by atoms with E-state index >= 15 is 0 Å². The Morgan fingerprint density at radius 2 is 1.95 bits per heavy atom. The predicted octanol–water partition coefficient (Wildman–Crippen LogP) is 4.54. The highest BCUT2D eigenvalue weighted by Gasteiger charge is 2.29. The van der Waals surface area contributed by atoms with Crippen molar-refractivity contribution in [3.63, 3.8) is 0 Å². The SMILES string of the molecule is O=C(/C=C(/Nc1nccs1)c1ccccc1)C(Cl)(Cl)Cl. The average molecular weight is 348 g/mol. The van der Waals surface area contributed by atoms with E-state index < -0.39 is 9.58 Å². The highest BCUT2D eigenvalue weighted by Crippen LogP contribution is 2.29. The minimum absolute atomic E-state index is 0.525. The summed E-state index contributed by atoms with van der Waals surface area (Å²) in [5.74, 6) is -0.620. The van der Waals surface area contributed by atoms with Crippen molar-refractivity contribution in [3.05, 3.63) is 53.5 Å². The van der Waals surface area contributed by atoms with Gasteiger partial charge in [-0.1, -0.05) is 65.1 Å². The molecule has 3 nitrogen and oxygen atoms in total. The molecule has 2 aromatic rings. The number of hydrogen-bond donors (Lipinski definition) is 1. The molecule has 0 amide bonds. The van der Waals surface area contributed by atoms with Gasteiger partial charge in [-0.05, 0) is 5.56 Å². The second-order valence-electron chi connectivity index (χ2n) is 3.75. The van der Waals surface area contributed by atoms with E-state index in [9.17, 15) is 4.79 Å². The van der Waals surface area contributed by atoms with Gasteiger partial charge in [-0.3, -0.25) is 4.79 Å². The van der Waals surface area contributed by atoms with Crippen molar-refractivity contribution in [2.75, 3.05) is 5.32 Å². The minimum atomic E-state index is -1.98. The van der Waals surface area contributed by atoms with Crippen molar-refractivity contribution in [1.82, 2.24) is 4.98 Å². The Morgan fingerprint density at radius 3 is 2.50 bits per heavy atom. The number of alkyl halides is 3. The zero-order chi connectivity index (χ0) is 14.6. The lowest BCUT2D eigenvalue weighted by atomic mass is 10.1. The van der Waals surface area contributed by atoms with Gasteiger partial charge < -0.3 is 5.32 Å². The van der Waals surface area contributed by atoms with Crippen LogP contribution in [0.25, 0.3) is 5.70 Å². The Balaban J connectivity index is 2.34. The largest absolute Gasteiger partial charge is 0.331 e. The normalized spacial score (nSPS) is 12.2. The molecule has 0 radical (unpaired) electrons. The van der Waals surface area contributed by atoms with Gasteiger partial charge in [0.15, 0.2) is 5.13 Å². The second-order valence-corrected chi connectivity index (χ2v) is 6.92. The lowest BCUT2D eigenvalue weighted by Crippen LogP contribution is -2.17. The molecular formula is C13H9Cl3N2OS. The Labute approximate surface area is 135 Å². The van der Waals surface area contributed by atoms with E-state index in [1.54, 1.807) is 6.20 Å². The van der Waals surface area contributed by atoms with E-state index in [0.29, 0.717) is 10.8 Å². The summed E-state index contributed by atoms with van der Waals surface area (Å²) in [7, 11) is 0. The fourth-order valence-electron chi connectivity index (χ4n) is 1.42. The van der Waals surface area contributed by atoms with Crippen molar-refractivity contribution < 1.29 is 4.79 Å². The molecule has 1 N–H and O–H groups in total. The first-order valence-electron chi connectivity index (χ1n) is 5.51. The van der Waals surface area contributed by atoms with Crippen LogP contribution in [0.3, 0.4) is 0 Å². The molecule has 104 valence electrons. The number of thiazole rings is 1. The molecule has 0 bridgehead atoms. The van der Waals surface area contributed by atoms with Crippen molar-refractivity contribution >= 4 is 62.8 Å². The van der Waals surface area contributed by atoms with Gasteiger partial charge in [0.2, 0.25) is 5.78 Å². The number of nitrogens with one attached hydrogen (secondary N) is 1. The lowest BCUT2D eigenvalue weighted by Gasteiger charge is -2.11. The van der Waals surface area contributed by atoms with Gasteiger partial charge in [0, 0.05) is 17.7 Å². The van der Waals surface area contributed by atoms with Gasteiger partial charge in [-0.15, -0.1) is 11.3 Å². The third-order valence-corrected chi connectivity index (χ3v) is 3.56. The number of allylic oxidation sites excluding steroid dienone is 1. The standard InChI is InChI=1S/C13H9Cl3N2OS/c14-13(15,16)11(19)8-10(9-4-2-1-3-5-9)18-12-17-6-7-20-12/h1-8H,(H,17,18)/b10-8+. The molecule has 0 fully saturated rings. The fraction of sp³-hybridized carbons (Fsp3) is 0.0769. The number of carbonyl (C=O) groups is 1. The van der Waals surface area contributed by atoms with Crippen LogP contribution in [-0.2, 0) is 4.79 Å². The second kappa shape index (κ2) is 6.59. The first kappa shape index (κ1) is 15.3. The maximum absolute atomic E-state index is 11.8. The molecule has 0 aliphatic carbocycles. The number of anilines is 1. The third kappa shape index (κ3) is 4.21. The number of halogens is 3. The van der Waals surface area contributed by atoms with Gasteiger partial charge in [0.1, 0.15) is 0 Å². The van der Waals surface area contributed by atoms with Crippen LogP contribution in [0.1, 0.15) is 5.56 Å². The smallest absolute Gasteiger partial charge is 0.252 e. The zero-order valence-electron chi connectivity index (χ0n) is 10.0. The van der Waals surface area contributed by atoms with Crippen LogP contribution in [0.5, 0.6) is 0 Å². The summed E-state index contributed by atoms with van der Waals surface area (Å²) in [6.45, 7) is 0. The van der Waals surface area contributed by atoms with Crippen molar-refractivity contribution in [3.8, 4) is 0 Å². The summed E-state index contributed by atoms with van der Waals surface area (Å²) in [5.41, 5.74) is 1.32. The van der Waals surface area contributed by atoms with E-state index in [2.05, 4.69) is 10.3 Å². The summed E-state index contributed by atoms with van der Waals surface area (Å²) >= 11 is 18.2. The van der Waals surface area contributed by atoms with Crippen LogP contribution in [-0.4, -0.2) is 14.6 Å². The van der Waals surface area contributed by atoms with Gasteiger partial charge in [0.05, 0.1) is 5.70 Å². The highest BCUT2D eigenvalue weighted by molar-refractivity contribution is 7.13. The molecule has 0 aliphatic rings. The summed E-state index contributed by atoms with van der Waals surface area (Å²) in [4.78, 5) is 16.0. The maximum Gasteiger partial charge on any atom is 0.252 e. The summed E-state index contributed by atoms with van der Waals surface area (Å²) in [5, 5.41) is 5.52. The first-order chi connectivity index (χ1) is 9.47. The Hall–Kier alpha value is -1.07. The van der Waals surface area contributed by atoms with Crippen LogP contribution in [0, 0.1) is 0 Å². The average Bonchev–Trinajstić information content (AvgIpc) is 2.91. The lowest BCUT2D eigenvalue weighted by molar-refractivity contribution is -0.113. The molecule has 2 rings (SSSR count). The minimum Gasteiger partial charge on any atom is -0.331 e. The number of rotatable bonds is 4. The van der Waals surface area contributed by atoms with Crippen LogP contribution in [0.15, 0.2) is 48.0 Å². The quantitative estimate of drug-likeness (QED) is 0.652. The highest BCUT2D eigenvalue weighted by atomic mass is 35.6. The Kier molecular flexibility index (Phi) is 5.05. The van der Waals surface area contributed by atoms with E-state index in [1.807, 2.05) is 35.7 Å². The third-order valence-electron chi connectivity index (χ3n) is 2.31. The number of ketones is 1. The van der Waals surface area contributed by atoms with Crippen LogP contribution < -0.4 is 5.32 Å². The van der Waals surface area contributed by atoms with Gasteiger partial charge in [-0.2, -0.15) is 0 Å². The van der Waals surface area contributed by atoms with Crippen LogP contribution in [0.4, 0.5) is 5.13 Å². The molecule has 1 aromatic heterocycles. The van der Waals surface area contributed by atoms with Crippen molar-refractivity contribution in [1.29, 1.82) is 0 Å². The summed E-state index contributed by atoms with van der Waals surface area (Å²) in [6.07, 6.45) is 2.93. The number of carbonyl (C=O) groups excluding carboxylic acids is 1. The molecule has 0 atom stereocenters. The molecule has 7 heteroatoms. The molecule has 0 spiro atoms. The molecule has 0 aliphatic heterocycles. The summed E-state index contributed by atoms with van der Waals surface area (Å²) in [6, 6.07) is 9.27. The van der Waals surface area contributed by atoms with Crippen LogP contribution in [0.2, 0.25) is 0 Å². The topological polar surface area (TPSA) is 42.0 Å². The predicted molar refractivity (Wildman–Crippen MR) is 85.5 cm³/mol. The molecule has 20 heavy (non-hydrogen) atoms. The molecule has 0 unspecified atom stereocenters. The Bertz CT molecular complexity index is 606. The summed E-state index contributed by atoms with van der Waals surface area (Å²) < 4.78 is -1.98. The maximum atomic E-state index is 11.8. The molecule has 0 saturated carbocycles. The van der Waals surface area contributed by atoms with Gasteiger partial charge in [0.25, 0.3) is 3.79 Å². The van der Waals surface area contributed by atoms with E-state index in [1.165, 1.54) is 17.4 Å². The van der Waals surface area contributed by atoms with Gasteiger partial charge >= 0.3 is 0 Å². The van der Waals surface area contributed by atoms with E-state index in [0.717, 1.165) is 5.56 Å². The van der Waals surface area contributed by atoms with Gasteiger partial charge in [-0.25, -0.2) is 4.98 Å². The fourth-order valence-corrected chi connectivity index (χ4v) is 2.13.